The van der Waals surface area contributed by atoms with Crippen LogP contribution in [0.5, 0.6) is 0 Å². The first-order valence-corrected chi connectivity index (χ1v) is 13.5. The molecule has 0 saturated carbocycles. The van der Waals surface area contributed by atoms with Crippen molar-refractivity contribution in [2.24, 2.45) is 12.1 Å². The van der Waals surface area contributed by atoms with E-state index in [1.807, 2.05) is 44.8 Å². The molecule has 2 aliphatic rings. The Morgan fingerprint density at radius 2 is 1.68 bits per heavy atom. The van der Waals surface area contributed by atoms with Gasteiger partial charge in [0.2, 0.25) is 0 Å². The van der Waals surface area contributed by atoms with E-state index in [1.54, 1.807) is 0 Å². The zero-order chi connectivity index (χ0) is 26.2. The summed E-state index contributed by atoms with van der Waals surface area (Å²) < 4.78 is 1.84. The van der Waals surface area contributed by atoms with Crippen LogP contribution in [0, 0.1) is 0 Å². The molecule has 2 aliphatic heterocycles. The maximum Gasteiger partial charge on any atom is 0.317 e. The van der Waals surface area contributed by atoms with Crippen molar-refractivity contribution in [3.63, 3.8) is 0 Å². The summed E-state index contributed by atoms with van der Waals surface area (Å²) in [6.07, 6.45) is 5.76. The van der Waals surface area contributed by atoms with Crippen molar-refractivity contribution in [1.82, 2.24) is 24.7 Å². The summed E-state index contributed by atoms with van der Waals surface area (Å²) in [5.41, 5.74) is 3.23. The van der Waals surface area contributed by atoms with Crippen LogP contribution in [0.3, 0.4) is 0 Å². The normalized spacial score (nSPS) is 16.5. The van der Waals surface area contributed by atoms with Crippen molar-refractivity contribution in [3.8, 4) is 0 Å². The number of carbonyl (C=O) groups excluding carboxylic acids is 2. The first-order valence-electron chi connectivity index (χ1n) is 13.5. The molecule has 0 unspecified atom stereocenters. The SMILES string of the molecule is C=NN(CCC)CCc1ccc(N2CCC(NC(=O)N3CCN(C(=O)c4cccn4C)CC3)CC2)cc1. The lowest BCUT2D eigenvalue weighted by Gasteiger charge is -2.37. The van der Waals surface area contributed by atoms with Crippen molar-refractivity contribution in [1.29, 1.82) is 0 Å². The number of hydrogen-bond donors (Lipinski definition) is 1. The van der Waals surface area contributed by atoms with Gasteiger partial charge in [0.05, 0.1) is 0 Å². The third-order valence-corrected chi connectivity index (χ3v) is 7.48. The molecule has 2 fully saturated rings. The molecule has 37 heavy (non-hydrogen) atoms. The van der Waals surface area contributed by atoms with E-state index in [0.717, 1.165) is 51.9 Å². The lowest BCUT2D eigenvalue weighted by molar-refractivity contribution is 0.0653. The Balaban J connectivity index is 1.18. The number of nitrogens with one attached hydrogen (secondary N) is 1. The monoisotopic (exact) mass is 507 g/mol. The van der Waals surface area contributed by atoms with Crippen molar-refractivity contribution in [2.75, 3.05) is 57.3 Å². The molecular formula is C28H41N7O2. The van der Waals surface area contributed by atoms with Gasteiger partial charge in [-0.25, -0.2) is 4.79 Å². The van der Waals surface area contributed by atoms with E-state index in [1.165, 1.54) is 11.3 Å². The lowest BCUT2D eigenvalue weighted by atomic mass is 10.0. The second-order valence-corrected chi connectivity index (χ2v) is 10.0. The Morgan fingerprint density at radius 1 is 1.00 bits per heavy atom. The Bertz CT molecular complexity index is 1040. The molecule has 0 atom stereocenters. The number of hydrogen-bond acceptors (Lipinski definition) is 5. The van der Waals surface area contributed by atoms with Crippen LogP contribution in [0.15, 0.2) is 47.7 Å². The Labute approximate surface area is 220 Å². The van der Waals surface area contributed by atoms with E-state index >= 15 is 0 Å². The number of piperazine rings is 1. The fraction of sp³-hybridized carbons (Fsp3) is 0.536. The third kappa shape index (κ3) is 6.84. The van der Waals surface area contributed by atoms with Crippen LogP contribution < -0.4 is 10.2 Å². The maximum absolute atomic E-state index is 12.9. The van der Waals surface area contributed by atoms with Crippen LogP contribution >= 0.6 is 0 Å². The number of aromatic nitrogens is 1. The number of carbonyl (C=O) groups is 2. The average molecular weight is 508 g/mol. The minimum atomic E-state index is -0.0140. The molecule has 1 aromatic carbocycles. The first kappa shape index (κ1) is 26.6. The number of urea groups is 1. The van der Waals surface area contributed by atoms with Crippen molar-refractivity contribution < 1.29 is 9.59 Å². The summed E-state index contributed by atoms with van der Waals surface area (Å²) in [6, 6.07) is 12.7. The lowest BCUT2D eigenvalue weighted by Crippen LogP contribution is -2.55. The molecule has 9 heteroatoms. The second-order valence-electron chi connectivity index (χ2n) is 10.0. The van der Waals surface area contributed by atoms with Gasteiger partial charge in [0.1, 0.15) is 5.69 Å². The van der Waals surface area contributed by atoms with Crippen LogP contribution in [0.1, 0.15) is 42.2 Å². The summed E-state index contributed by atoms with van der Waals surface area (Å²) >= 11 is 0. The number of aryl methyl sites for hydroxylation is 1. The Morgan fingerprint density at radius 3 is 2.27 bits per heavy atom. The maximum atomic E-state index is 12.9. The standard InChI is InChI=1S/C28H41N7O2/c1-4-14-35(29-2)18-11-23-7-9-25(10-8-23)32-16-12-24(13-17-32)30-28(37)34-21-19-33(20-22-34)27(36)26-6-5-15-31(26)3/h5-10,15,24H,2,4,11-14,16-22H2,1,3H3,(H,30,37). The summed E-state index contributed by atoms with van der Waals surface area (Å²) in [7, 11) is 1.88. The van der Waals surface area contributed by atoms with Crippen LogP contribution in [0.4, 0.5) is 10.5 Å². The smallest absolute Gasteiger partial charge is 0.317 e. The average Bonchev–Trinajstić information content (AvgIpc) is 3.37. The van der Waals surface area contributed by atoms with Crippen LogP contribution in [0.25, 0.3) is 0 Å². The molecule has 1 N–H and O–H groups in total. The molecule has 2 aromatic rings. The summed E-state index contributed by atoms with van der Waals surface area (Å²) in [5, 5.41) is 9.34. The van der Waals surface area contributed by atoms with Gasteiger partial charge in [0.25, 0.3) is 5.91 Å². The fourth-order valence-electron chi connectivity index (χ4n) is 5.15. The zero-order valence-corrected chi connectivity index (χ0v) is 22.3. The Kier molecular flexibility index (Phi) is 9.09. The van der Waals surface area contributed by atoms with Crippen LogP contribution in [-0.4, -0.2) is 96.4 Å². The highest BCUT2D eigenvalue weighted by molar-refractivity contribution is 5.93. The molecular weight excluding hydrogens is 466 g/mol. The minimum absolute atomic E-state index is 0.0140. The van der Waals surface area contributed by atoms with E-state index < -0.39 is 0 Å². The minimum Gasteiger partial charge on any atom is -0.371 e. The summed E-state index contributed by atoms with van der Waals surface area (Å²) in [4.78, 5) is 31.6. The number of rotatable bonds is 9. The number of benzene rings is 1. The highest BCUT2D eigenvalue weighted by Crippen LogP contribution is 2.21. The van der Waals surface area contributed by atoms with Crippen LogP contribution in [-0.2, 0) is 13.5 Å². The molecule has 1 aromatic heterocycles. The van der Waals surface area contributed by atoms with Gasteiger partial charge in [-0.3, -0.25) is 9.80 Å². The summed E-state index contributed by atoms with van der Waals surface area (Å²) in [5.74, 6) is 0.0280. The molecule has 0 bridgehead atoms. The van der Waals surface area contributed by atoms with Gasteiger partial charge in [-0.05, 0) is 55.5 Å². The van der Waals surface area contributed by atoms with E-state index in [9.17, 15) is 9.59 Å². The van der Waals surface area contributed by atoms with Crippen molar-refractivity contribution in [3.05, 3.63) is 53.9 Å². The van der Waals surface area contributed by atoms with Gasteiger partial charge in [0.15, 0.2) is 0 Å². The number of hydrazone groups is 1. The molecule has 2 saturated heterocycles. The molecule has 4 rings (SSSR count). The molecule has 0 radical (unpaired) electrons. The third-order valence-electron chi connectivity index (χ3n) is 7.48. The largest absolute Gasteiger partial charge is 0.371 e. The van der Waals surface area contributed by atoms with Crippen molar-refractivity contribution >= 4 is 24.3 Å². The molecule has 3 heterocycles. The topological polar surface area (TPSA) is 76.4 Å². The fourth-order valence-corrected chi connectivity index (χ4v) is 5.15. The molecule has 9 nitrogen and oxygen atoms in total. The number of nitrogens with zero attached hydrogens (tertiary/aromatic N) is 6. The van der Waals surface area contributed by atoms with Gasteiger partial charge < -0.3 is 24.6 Å². The predicted octanol–water partition coefficient (Wildman–Crippen LogP) is 3.03. The van der Waals surface area contributed by atoms with Gasteiger partial charge in [-0.2, -0.15) is 5.10 Å². The second kappa shape index (κ2) is 12.7. The van der Waals surface area contributed by atoms with Crippen molar-refractivity contribution in [2.45, 2.75) is 38.6 Å². The molecule has 200 valence electrons. The summed E-state index contributed by atoms with van der Waals surface area (Å²) in [6.45, 7) is 11.7. The highest BCUT2D eigenvalue weighted by atomic mass is 16.2. The zero-order valence-electron chi connectivity index (χ0n) is 22.3. The quantitative estimate of drug-likeness (QED) is 0.418. The van der Waals surface area contributed by atoms with E-state index in [4.69, 9.17) is 0 Å². The highest BCUT2D eigenvalue weighted by Gasteiger charge is 2.28. The van der Waals surface area contributed by atoms with E-state index in [0.29, 0.717) is 31.9 Å². The molecule has 3 amide bonds. The van der Waals surface area contributed by atoms with E-state index in [2.05, 4.69) is 53.2 Å². The van der Waals surface area contributed by atoms with Crippen LogP contribution in [0.2, 0.25) is 0 Å². The molecule has 0 aliphatic carbocycles. The predicted molar refractivity (Wildman–Crippen MR) is 148 cm³/mol. The van der Waals surface area contributed by atoms with Gasteiger partial charge in [-0.1, -0.05) is 19.1 Å². The van der Waals surface area contributed by atoms with Gasteiger partial charge in [-0.15, -0.1) is 0 Å². The van der Waals surface area contributed by atoms with Gasteiger partial charge >= 0.3 is 6.03 Å². The number of anilines is 1. The van der Waals surface area contributed by atoms with E-state index in [-0.39, 0.29) is 18.0 Å². The Hall–Kier alpha value is -3.49. The number of piperidine rings is 1. The van der Waals surface area contributed by atoms with Gasteiger partial charge in [0, 0.05) is 84.0 Å². The molecule has 0 spiro atoms. The number of amides is 3. The first-order chi connectivity index (χ1) is 18.0.